The lowest BCUT2D eigenvalue weighted by atomic mass is 9.72. The smallest absolute Gasteiger partial charge is 0.416 e. The van der Waals surface area contributed by atoms with E-state index in [4.69, 9.17) is 4.74 Å². The first-order valence-corrected chi connectivity index (χ1v) is 16.6. The number of nitrogens with zero attached hydrogens (tertiary/aromatic N) is 3. The molecule has 2 aromatic heterocycles. The summed E-state index contributed by atoms with van der Waals surface area (Å²) < 4.78 is 72.5. The highest BCUT2D eigenvalue weighted by Crippen LogP contribution is 2.44. The largest absolute Gasteiger partial charge is 0.497 e. The average Bonchev–Trinajstić information content (AvgIpc) is 3.69. The lowest BCUT2D eigenvalue weighted by Crippen LogP contribution is -2.61. The van der Waals surface area contributed by atoms with Crippen molar-refractivity contribution in [3.8, 4) is 17.0 Å². The number of sulfonamides is 1. The Morgan fingerprint density at radius 3 is 2.40 bits per heavy atom. The summed E-state index contributed by atoms with van der Waals surface area (Å²) in [5.41, 5.74) is 1.05. The average molecular weight is 649 g/mol. The summed E-state index contributed by atoms with van der Waals surface area (Å²) in [7, 11) is -2.39. The van der Waals surface area contributed by atoms with Crippen LogP contribution in [0.1, 0.15) is 28.8 Å². The molecule has 0 saturated carbocycles. The fourth-order valence-corrected chi connectivity index (χ4v) is 8.37. The van der Waals surface area contributed by atoms with E-state index in [9.17, 15) is 26.4 Å². The SMILES string of the molecule is COc1ccc(C(=O)N2CCC3(CC2)CN(c2nc(-c4ccc(C(F)(F)F)cc4)cs2)C3)c(NS(=O)(=O)c2cccs2)c1. The van der Waals surface area contributed by atoms with E-state index in [1.165, 1.54) is 42.7 Å². The van der Waals surface area contributed by atoms with Crippen LogP contribution in [-0.2, 0) is 16.2 Å². The predicted molar refractivity (Wildman–Crippen MR) is 160 cm³/mol. The number of nitrogens with one attached hydrogen (secondary N) is 1. The Hall–Kier alpha value is -3.62. The molecule has 1 spiro atoms. The number of likely N-dealkylation sites (tertiary alicyclic amines) is 1. The zero-order valence-electron chi connectivity index (χ0n) is 22.9. The molecule has 0 radical (unpaired) electrons. The summed E-state index contributed by atoms with van der Waals surface area (Å²) >= 11 is 2.55. The normalized spacial score (nSPS) is 16.7. The second kappa shape index (κ2) is 11.1. The van der Waals surface area contributed by atoms with Gasteiger partial charge >= 0.3 is 6.18 Å². The molecule has 1 N–H and O–H groups in total. The number of hydrogen-bond donors (Lipinski definition) is 1. The van der Waals surface area contributed by atoms with Gasteiger partial charge in [0.1, 0.15) is 9.96 Å². The van der Waals surface area contributed by atoms with Gasteiger partial charge in [-0.1, -0.05) is 18.2 Å². The maximum atomic E-state index is 13.6. The number of carbonyl (C=O) groups excluding carboxylic acids is 1. The molecule has 8 nitrogen and oxygen atoms in total. The van der Waals surface area contributed by atoms with E-state index in [-0.39, 0.29) is 26.8 Å². The molecule has 4 heterocycles. The minimum atomic E-state index is -4.38. The maximum Gasteiger partial charge on any atom is 0.416 e. The van der Waals surface area contributed by atoms with Crippen LogP contribution in [0.5, 0.6) is 5.75 Å². The van der Waals surface area contributed by atoms with Gasteiger partial charge in [0, 0.05) is 48.6 Å². The van der Waals surface area contributed by atoms with Gasteiger partial charge in [0.25, 0.3) is 15.9 Å². The monoisotopic (exact) mass is 648 g/mol. The molecule has 226 valence electrons. The number of ether oxygens (including phenoxy) is 1. The van der Waals surface area contributed by atoms with Gasteiger partial charge in [-0.3, -0.25) is 9.52 Å². The number of piperidine rings is 1. The fraction of sp³-hybridized carbons (Fsp3) is 0.310. The highest BCUT2D eigenvalue weighted by atomic mass is 32.2. The number of hydrogen-bond acceptors (Lipinski definition) is 8. The van der Waals surface area contributed by atoms with Crippen LogP contribution >= 0.6 is 22.7 Å². The zero-order chi connectivity index (χ0) is 30.4. The Morgan fingerprint density at radius 2 is 1.77 bits per heavy atom. The molecular weight excluding hydrogens is 622 g/mol. The van der Waals surface area contributed by atoms with E-state index in [0.29, 0.717) is 30.1 Å². The summed E-state index contributed by atoms with van der Waals surface area (Å²) in [5, 5.41) is 4.34. The molecule has 14 heteroatoms. The van der Waals surface area contributed by atoms with Gasteiger partial charge in [-0.05, 0) is 48.6 Å². The first-order valence-electron chi connectivity index (χ1n) is 13.4. The molecule has 2 aliphatic rings. The van der Waals surface area contributed by atoms with Crippen molar-refractivity contribution in [2.45, 2.75) is 23.2 Å². The first kappa shape index (κ1) is 29.5. The van der Waals surface area contributed by atoms with Crippen molar-refractivity contribution in [1.29, 1.82) is 0 Å². The second-order valence-corrected chi connectivity index (χ2v) is 14.4. The van der Waals surface area contributed by atoms with Crippen LogP contribution in [-0.4, -0.2) is 57.5 Å². The van der Waals surface area contributed by atoms with Crippen LogP contribution in [0.3, 0.4) is 0 Å². The van der Waals surface area contributed by atoms with E-state index in [0.717, 1.165) is 54.5 Å². The first-order chi connectivity index (χ1) is 20.5. The zero-order valence-corrected chi connectivity index (χ0v) is 25.4. The number of benzene rings is 2. The lowest BCUT2D eigenvalue weighted by molar-refractivity contribution is -0.137. The van der Waals surface area contributed by atoms with E-state index >= 15 is 0 Å². The molecule has 0 bridgehead atoms. The molecule has 2 fully saturated rings. The minimum absolute atomic E-state index is 0.0421. The molecular formula is C29H27F3N4O4S3. The van der Waals surface area contributed by atoms with Gasteiger partial charge in [0.05, 0.1) is 29.6 Å². The molecule has 2 saturated heterocycles. The Kier molecular flexibility index (Phi) is 7.63. The van der Waals surface area contributed by atoms with Crippen LogP contribution in [0.2, 0.25) is 0 Å². The highest BCUT2D eigenvalue weighted by molar-refractivity contribution is 7.94. The van der Waals surface area contributed by atoms with Crippen molar-refractivity contribution in [1.82, 2.24) is 9.88 Å². The second-order valence-electron chi connectivity index (χ2n) is 10.7. The van der Waals surface area contributed by atoms with Gasteiger partial charge in [0.15, 0.2) is 5.13 Å². The van der Waals surface area contributed by atoms with Gasteiger partial charge in [-0.15, -0.1) is 22.7 Å². The number of thiophene rings is 1. The molecule has 4 aromatic rings. The van der Waals surface area contributed by atoms with E-state index in [2.05, 4.69) is 14.6 Å². The van der Waals surface area contributed by atoms with Gasteiger partial charge in [0.2, 0.25) is 0 Å². The topological polar surface area (TPSA) is 91.8 Å². The number of thiazole rings is 1. The number of alkyl halides is 3. The third-order valence-electron chi connectivity index (χ3n) is 7.90. The number of rotatable bonds is 7. The van der Waals surface area contributed by atoms with Gasteiger partial charge < -0.3 is 14.5 Å². The predicted octanol–water partition coefficient (Wildman–Crippen LogP) is 6.44. The molecule has 6 rings (SSSR count). The van der Waals surface area contributed by atoms with Crippen LogP contribution in [0.15, 0.2) is 69.6 Å². The summed E-state index contributed by atoms with van der Waals surface area (Å²) in [6, 6.07) is 12.9. The Morgan fingerprint density at radius 1 is 1.05 bits per heavy atom. The standard InChI is InChI=1S/C29H27F3N4O4S3/c1-40-21-8-9-22(23(15-21)34-43(38,39)25-3-2-14-41-25)26(37)35-12-10-28(11-13-35)17-36(18-28)27-33-24(16-42-27)19-4-6-20(7-5-19)29(30,31)32/h2-9,14-16,34H,10-13,17-18H2,1H3. The summed E-state index contributed by atoms with van der Waals surface area (Å²) in [6.45, 7) is 2.63. The number of halogens is 3. The van der Waals surface area contributed by atoms with Crippen molar-refractivity contribution < 1.29 is 31.1 Å². The lowest BCUT2D eigenvalue weighted by Gasteiger charge is -2.54. The third-order valence-corrected chi connectivity index (χ3v) is 11.6. The fourth-order valence-electron chi connectivity index (χ4n) is 5.47. The number of anilines is 2. The third kappa shape index (κ3) is 5.95. The van der Waals surface area contributed by atoms with Crippen molar-refractivity contribution in [3.63, 3.8) is 0 Å². The molecule has 0 atom stereocenters. The van der Waals surface area contributed by atoms with Crippen LogP contribution in [0.25, 0.3) is 11.3 Å². The molecule has 43 heavy (non-hydrogen) atoms. The van der Waals surface area contributed by atoms with Crippen LogP contribution < -0.4 is 14.4 Å². The quantitative estimate of drug-likeness (QED) is 0.248. The van der Waals surface area contributed by atoms with E-state index < -0.39 is 21.8 Å². The molecule has 2 aliphatic heterocycles. The molecule has 1 amide bonds. The summed E-state index contributed by atoms with van der Waals surface area (Å²) in [5.74, 6) is 0.176. The van der Waals surface area contributed by atoms with Crippen LogP contribution in [0.4, 0.5) is 24.0 Å². The number of methoxy groups -OCH3 is 1. The van der Waals surface area contributed by atoms with Crippen molar-refractivity contribution in [3.05, 3.63) is 76.5 Å². The van der Waals surface area contributed by atoms with Crippen molar-refractivity contribution in [2.75, 3.05) is 42.9 Å². The molecule has 2 aromatic carbocycles. The van der Waals surface area contributed by atoms with Gasteiger partial charge in [-0.25, -0.2) is 13.4 Å². The minimum Gasteiger partial charge on any atom is -0.497 e. The number of aromatic nitrogens is 1. The van der Waals surface area contributed by atoms with Crippen LogP contribution in [0, 0.1) is 5.41 Å². The maximum absolute atomic E-state index is 13.6. The summed E-state index contributed by atoms with van der Waals surface area (Å²) in [6.07, 6.45) is -2.80. The van der Waals surface area contributed by atoms with E-state index in [1.54, 1.807) is 28.5 Å². The molecule has 0 unspecified atom stereocenters. The Labute approximate surface area is 254 Å². The van der Waals surface area contributed by atoms with Gasteiger partial charge in [-0.2, -0.15) is 13.2 Å². The van der Waals surface area contributed by atoms with Crippen molar-refractivity contribution in [2.24, 2.45) is 5.41 Å². The summed E-state index contributed by atoms with van der Waals surface area (Å²) in [4.78, 5) is 22.2. The number of amides is 1. The Bertz CT molecular complexity index is 1720. The molecule has 0 aliphatic carbocycles. The Balaban J connectivity index is 1.09. The highest BCUT2D eigenvalue weighted by Gasteiger charge is 2.46. The van der Waals surface area contributed by atoms with E-state index in [1.807, 2.05) is 5.38 Å². The van der Waals surface area contributed by atoms with Crippen molar-refractivity contribution >= 4 is 49.4 Å². The number of carbonyl (C=O) groups is 1.